The molecule has 0 aliphatic carbocycles. The summed E-state index contributed by atoms with van der Waals surface area (Å²) in [6.45, 7) is 1.89. The second kappa shape index (κ2) is 3.95. The molecule has 78 valence electrons. The highest BCUT2D eigenvalue weighted by molar-refractivity contribution is 5.76. The summed E-state index contributed by atoms with van der Waals surface area (Å²) >= 11 is 0. The van der Waals surface area contributed by atoms with Gasteiger partial charge in [-0.05, 0) is 6.92 Å². The topological polar surface area (TPSA) is 75.6 Å². The van der Waals surface area contributed by atoms with Gasteiger partial charge < -0.3 is 5.32 Å². The van der Waals surface area contributed by atoms with Crippen molar-refractivity contribution in [1.82, 2.24) is 25.1 Å². The van der Waals surface area contributed by atoms with Crippen molar-refractivity contribution >= 4 is 6.03 Å². The Morgan fingerprint density at radius 1 is 1.67 bits per heavy atom. The molecule has 6 nitrogen and oxygen atoms in total. The minimum absolute atomic E-state index is 0.0846. The molecule has 1 unspecified atom stereocenters. The van der Waals surface area contributed by atoms with Gasteiger partial charge in [-0.25, -0.2) is 9.78 Å². The van der Waals surface area contributed by atoms with E-state index in [4.69, 9.17) is 0 Å². The Hall–Kier alpha value is -2.11. The summed E-state index contributed by atoms with van der Waals surface area (Å²) in [5, 5.41) is 9.32. The van der Waals surface area contributed by atoms with Crippen molar-refractivity contribution < 1.29 is 4.79 Å². The molecule has 6 heteroatoms. The molecule has 0 aromatic carbocycles. The third-order valence-electron chi connectivity index (χ3n) is 2.10. The molecule has 0 aliphatic rings. The minimum Gasteiger partial charge on any atom is -0.331 e. The highest BCUT2D eigenvalue weighted by Crippen LogP contribution is 2.08. The van der Waals surface area contributed by atoms with Gasteiger partial charge in [0.05, 0.1) is 12.2 Å². The van der Waals surface area contributed by atoms with Crippen LogP contribution in [0.4, 0.5) is 4.79 Å². The van der Waals surface area contributed by atoms with Crippen molar-refractivity contribution in [1.29, 1.82) is 0 Å². The largest absolute Gasteiger partial charge is 0.331 e. The van der Waals surface area contributed by atoms with E-state index in [0.717, 1.165) is 5.56 Å². The lowest BCUT2D eigenvalue weighted by molar-refractivity contribution is 0.239. The van der Waals surface area contributed by atoms with Crippen molar-refractivity contribution in [2.75, 3.05) is 0 Å². The van der Waals surface area contributed by atoms with Crippen LogP contribution in [-0.4, -0.2) is 25.8 Å². The van der Waals surface area contributed by atoms with Crippen LogP contribution in [0.1, 0.15) is 18.5 Å². The van der Waals surface area contributed by atoms with Crippen LogP contribution in [-0.2, 0) is 0 Å². The number of nitrogens with one attached hydrogen (secondary N) is 2. The van der Waals surface area contributed by atoms with E-state index in [9.17, 15) is 4.79 Å². The van der Waals surface area contributed by atoms with Gasteiger partial charge in [-0.1, -0.05) is 0 Å². The molecule has 0 spiro atoms. The summed E-state index contributed by atoms with van der Waals surface area (Å²) in [6.07, 6.45) is 8.04. The van der Waals surface area contributed by atoms with Crippen molar-refractivity contribution in [3.63, 3.8) is 0 Å². The fraction of sp³-hybridized carbons (Fsp3) is 0.222. The fourth-order valence-corrected chi connectivity index (χ4v) is 1.22. The fourth-order valence-electron chi connectivity index (χ4n) is 1.22. The predicted octanol–water partition coefficient (Wildman–Crippen LogP) is 0.925. The number of aromatic nitrogens is 4. The SMILES string of the molecule is CC(NC(=O)n1ccnc1)c1cn[nH]c1. The number of nitrogens with zero attached hydrogens (tertiary/aromatic N) is 3. The third kappa shape index (κ3) is 2.04. The predicted molar refractivity (Wildman–Crippen MR) is 53.2 cm³/mol. The first-order chi connectivity index (χ1) is 7.27. The van der Waals surface area contributed by atoms with Gasteiger partial charge in [0, 0.05) is 24.2 Å². The number of amides is 1. The van der Waals surface area contributed by atoms with Crippen molar-refractivity contribution in [2.24, 2.45) is 0 Å². The lowest BCUT2D eigenvalue weighted by Gasteiger charge is -2.11. The van der Waals surface area contributed by atoms with Crippen LogP contribution in [0.3, 0.4) is 0 Å². The zero-order chi connectivity index (χ0) is 10.7. The molecular weight excluding hydrogens is 194 g/mol. The van der Waals surface area contributed by atoms with E-state index in [2.05, 4.69) is 20.5 Å². The Morgan fingerprint density at radius 2 is 2.53 bits per heavy atom. The summed E-state index contributed by atoms with van der Waals surface area (Å²) in [6, 6.07) is -0.292. The van der Waals surface area contributed by atoms with E-state index in [-0.39, 0.29) is 12.1 Å². The number of hydrogen-bond donors (Lipinski definition) is 2. The van der Waals surface area contributed by atoms with Gasteiger partial charge in [0.15, 0.2) is 0 Å². The number of hydrogen-bond acceptors (Lipinski definition) is 3. The Kier molecular flexibility index (Phi) is 2.49. The molecule has 1 atom stereocenters. The van der Waals surface area contributed by atoms with Gasteiger partial charge >= 0.3 is 6.03 Å². The number of rotatable bonds is 2. The molecule has 2 heterocycles. The molecule has 0 saturated carbocycles. The Labute approximate surface area is 86.3 Å². The van der Waals surface area contributed by atoms with Gasteiger partial charge in [0.2, 0.25) is 0 Å². The van der Waals surface area contributed by atoms with E-state index in [0.29, 0.717) is 0 Å². The number of H-pyrrole nitrogens is 1. The van der Waals surface area contributed by atoms with Crippen LogP contribution < -0.4 is 5.32 Å². The molecule has 1 amide bonds. The summed E-state index contributed by atoms with van der Waals surface area (Å²) in [7, 11) is 0. The maximum absolute atomic E-state index is 11.6. The first kappa shape index (κ1) is 9.45. The average molecular weight is 205 g/mol. The first-order valence-electron chi connectivity index (χ1n) is 4.55. The molecule has 0 bridgehead atoms. The third-order valence-corrected chi connectivity index (χ3v) is 2.10. The van der Waals surface area contributed by atoms with E-state index in [1.165, 1.54) is 10.9 Å². The zero-order valence-corrected chi connectivity index (χ0v) is 8.21. The Morgan fingerprint density at radius 3 is 3.13 bits per heavy atom. The van der Waals surface area contributed by atoms with E-state index in [1.54, 1.807) is 24.8 Å². The zero-order valence-electron chi connectivity index (χ0n) is 8.21. The quantitative estimate of drug-likeness (QED) is 0.765. The second-order valence-electron chi connectivity index (χ2n) is 3.17. The van der Waals surface area contributed by atoms with Gasteiger partial charge in [-0.15, -0.1) is 0 Å². The highest BCUT2D eigenvalue weighted by Gasteiger charge is 2.10. The molecule has 0 saturated heterocycles. The van der Waals surface area contributed by atoms with Crippen LogP contribution in [0.5, 0.6) is 0 Å². The highest BCUT2D eigenvalue weighted by atomic mass is 16.2. The molecule has 2 N–H and O–H groups in total. The van der Waals surface area contributed by atoms with Gasteiger partial charge in [-0.3, -0.25) is 9.67 Å². The summed E-state index contributed by atoms with van der Waals surface area (Å²) in [5.74, 6) is 0. The van der Waals surface area contributed by atoms with Gasteiger partial charge in [-0.2, -0.15) is 5.10 Å². The first-order valence-corrected chi connectivity index (χ1v) is 4.55. The van der Waals surface area contributed by atoms with Gasteiger partial charge in [0.25, 0.3) is 0 Å². The lowest BCUT2D eigenvalue weighted by Crippen LogP contribution is -2.29. The molecule has 2 rings (SSSR count). The van der Waals surface area contributed by atoms with Crippen LogP contribution in [0.2, 0.25) is 0 Å². The normalized spacial score (nSPS) is 12.3. The maximum atomic E-state index is 11.6. The smallest absolute Gasteiger partial charge is 0.327 e. The molecular formula is C9H11N5O. The lowest BCUT2D eigenvalue weighted by atomic mass is 10.2. The van der Waals surface area contributed by atoms with Crippen molar-refractivity contribution in [2.45, 2.75) is 13.0 Å². The molecule has 2 aromatic heterocycles. The number of carbonyl (C=O) groups is 1. The average Bonchev–Trinajstić information content (AvgIpc) is 2.91. The van der Waals surface area contributed by atoms with E-state index < -0.39 is 0 Å². The minimum atomic E-state index is -0.207. The standard InChI is InChI=1S/C9H11N5O/c1-7(8-4-11-12-5-8)13-9(15)14-3-2-10-6-14/h2-7H,1H3,(H,11,12)(H,13,15). The Bertz CT molecular complexity index is 419. The van der Waals surface area contributed by atoms with Crippen LogP contribution in [0, 0.1) is 0 Å². The van der Waals surface area contributed by atoms with Gasteiger partial charge in [0.1, 0.15) is 6.33 Å². The summed E-state index contributed by atoms with van der Waals surface area (Å²) in [4.78, 5) is 15.4. The van der Waals surface area contributed by atoms with Crippen molar-refractivity contribution in [3.05, 3.63) is 36.7 Å². The molecule has 2 aromatic rings. The molecule has 0 fully saturated rings. The van der Waals surface area contributed by atoms with E-state index >= 15 is 0 Å². The van der Waals surface area contributed by atoms with E-state index in [1.807, 2.05) is 6.92 Å². The summed E-state index contributed by atoms with van der Waals surface area (Å²) < 4.78 is 1.39. The number of carbonyl (C=O) groups excluding carboxylic acids is 1. The van der Waals surface area contributed by atoms with Crippen LogP contribution in [0.25, 0.3) is 0 Å². The monoisotopic (exact) mass is 205 g/mol. The molecule has 15 heavy (non-hydrogen) atoms. The number of aromatic amines is 1. The van der Waals surface area contributed by atoms with Crippen molar-refractivity contribution in [3.8, 4) is 0 Å². The maximum Gasteiger partial charge on any atom is 0.327 e. The van der Waals surface area contributed by atoms with Crippen LogP contribution >= 0.6 is 0 Å². The number of imidazole rings is 1. The Balaban J connectivity index is 2.01. The molecule has 0 aliphatic heterocycles. The summed E-state index contributed by atoms with van der Waals surface area (Å²) in [5.41, 5.74) is 0.934. The second-order valence-corrected chi connectivity index (χ2v) is 3.17. The van der Waals surface area contributed by atoms with Crippen LogP contribution in [0.15, 0.2) is 31.1 Å². The molecule has 0 radical (unpaired) electrons.